The molecule has 2 N–H and O–H groups in total. The summed E-state index contributed by atoms with van der Waals surface area (Å²) in [4.78, 5) is 27.2. The molecule has 0 radical (unpaired) electrons. The van der Waals surface area contributed by atoms with Crippen LogP contribution in [0.25, 0.3) is 5.76 Å². The van der Waals surface area contributed by atoms with Crippen molar-refractivity contribution < 1.29 is 24.2 Å². The minimum Gasteiger partial charge on any atom is -0.508 e. The third kappa shape index (κ3) is 3.55. The molecule has 1 saturated heterocycles. The standard InChI is InChI=1S/C24H18FNO4/c25-18-11-9-16(10-12-18)22(28)20-21(17-7-4-8-19(27)13-17)26(24(30)23(20)29)14-15-5-2-1-3-6-15/h1-13,21,27-28H,14H2. The molecule has 1 aliphatic heterocycles. The van der Waals surface area contributed by atoms with E-state index in [1.807, 2.05) is 30.3 Å². The molecule has 3 aromatic carbocycles. The molecule has 1 fully saturated rings. The molecule has 0 aliphatic carbocycles. The first-order valence-electron chi connectivity index (χ1n) is 9.33. The van der Waals surface area contributed by atoms with E-state index in [-0.39, 0.29) is 23.4 Å². The highest BCUT2D eigenvalue weighted by atomic mass is 19.1. The van der Waals surface area contributed by atoms with Gasteiger partial charge in [0.05, 0.1) is 11.6 Å². The Hall–Kier alpha value is -3.93. The normalized spacial score (nSPS) is 18.0. The number of halogens is 1. The lowest BCUT2D eigenvalue weighted by Gasteiger charge is -2.25. The fourth-order valence-electron chi connectivity index (χ4n) is 3.63. The SMILES string of the molecule is O=C1C(=O)N(Cc2ccccc2)C(c2cccc(O)c2)C1=C(O)c1ccc(F)cc1. The number of rotatable bonds is 4. The number of hydrogen-bond donors (Lipinski definition) is 2. The van der Waals surface area contributed by atoms with Gasteiger partial charge in [0.1, 0.15) is 17.3 Å². The maximum Gasteiger partial charge on any atom is 0.295 e. The van der Waals surface area contributed by atoms with Crippen LogP contribution < -0.4 is 0 Å². The average molecular weight is 403 g/mol. The summed E-state index contributed by atoms with van der Waals surface area (Å²) in [6, 6.07) is 19.5. The highest BCUT2D eigenvalue weighted by Gasteiger charge is 2.46. The van der Waals surface area contributed by atoms with Crippen molar-refractivity contribution in [2.45, 2.75) is 12.6 Å². The molecule has 6 heteroatoms. The van der Waals surface area contributed by atoms with Gasteiger partial charge in [0.2, 0.25) is 0 Å². The average Bonchev–Trinajstić information content (AvgIpc) is 2.99. The van der Waals surface area contributed by atoms with Crippen molar-refractivity contribution in [3.05, 3.63) is 107 Å². The third-order valence-electron chi connectivity index (χ3n) is 5.04. The maximum atomic E-state index is 13.3. The monoisotopic (exact) mass is 403 g/mol. The minimum absolute atomic E-state index is 0.0282. The maximum absolute atomic E-state index is 13.3. The van der Waals surface area contributed by atoms with Gasteiger partial charge in [0, 0.05) is 12.1 Å². The van der Waals surface area contributed by atoms with Gasteiger partial charge in [0.25, 0.3) is 11.7 Å². The first-order valence-corrected chi connectivity index (χ1v) is 9.33. The predicted octanol–water partition coefficient (Wildman–Crippen LogP) is 4.15. The molecule has 1 aliphatic rings. The first-order chi connectivity index (χ1) is 14.5. The summed E-state index contributed by atoms with van der Waals surface area (Å²) in [5.74, 6) is -2.49. The molecule has 3 aromatic rings. The Balaban J connectivity index is 1.87. The Morgan fingerprint density at radius 2 is 1.63 bits per heavy atom. The van der Waals surface area contributed by atoms with Crippen LogP contribution in [0, 0.1) is 5.82 Å². The number of phenolic OH excluding ortho intramolecular Hbond substituents is 1. The number of aliphatic hydroxyl groups is 1. The van der Waals surface area contributed by atoms with Crippen molar-refractivity contribution >= 4 is 17.4 Å². The molecule has 5 nitrogen and oxygen atoms in total. The highest BCUT2D eigenvalue weighted by Crippen LogP contribution is 2.40. The van der Waals surface area contributed by atoms with Crippen molar-refractivity contribution in [1.82, 2.24) is 4.90 Å². The molecule has 1 atom stereocenters. The van der Waals surface area contributed by atoms with Gasteiger partial charge < -0.3 is 15.1 Å². The lowest BCUT2D eigenvalue weighted by Crippen LogP contribution is -2.29. The van der Waals surface area contributed by atoms with E-state index in [9.17, 15) is 24.2 Å². The third-order valence-corrected chi connectivity index (χ3v) is 5.04. The van der Waals surface area contributed by atoms with E-state index < -0.39 is 29.3 Å². The number of likely N-dealkylation sites (tertiary alicyclic amines) is 1. The molecule has 1 unspecified atom stereocenters. The van der Waals surface area contributed by atoms with Crippen molar-refractivity contribution in [1.29, 1.82) is 0 Å². The van der Waals surface area contributed by atoms with Gasteiger partial charge in [-0.05, 0) is 47.5 Å². The van der Waals surface area contributed by atoms with Crippen LogP contribution in [0.1, 0.15) is 22.7 Å². The Labute approximate surface area is 172 Å². The Morgan fingerprint density at radius 1 is 0.933 bits per heavy atom. The molecule has 0 saturated carbocycles. The van der Waals surface area contributed by atoms with Crippen LogP contribution in [0.2, 0.25) is 0 Å². The van der Waals surface area contributed by atoms with Crippen LogP contribution in [0.3, 0.4) is 0 Å². The molecule has 0 spiro atoms. The second-order valence-corrected chi connectivity index (χ2v) is 7.01. The van der Waals surface area contributed by atoms with E-state index in [1.54, 1.807) is 12.1 Å². The zero-order valence-electron chi connectivity index (χ0n) is 15.8. The summed E-state index contributed by atoms with van der Waals surface area (Å²) in [7, 11) is 0. The number of nitrogens with zero attached hydrogens (tertiary/aromatic N) is 1. The number of ketones is 1. The van der Waals surface area contributed by atoms with Crippen LogP contribution in [-0.4, -0.2) is 26.8 Å². The highest BCUT2D eigenvalue weighted by molar-refractivity contribution is 6.46. The van der Waals surface area contributed by atoms with Crippen LogP contribution in [0.15, 0.2) is 84.4 Å². The number of amides is 1. The summed E-state index contributed by atoms with van der Waals surface area (Å²) in [5.41, 5.74) is 1.41. The van der Waals surface area contributed by atoms with Crippen molar-refractivity contribution in [2.24, 2.45) is 0 Å². The van der Waals surface area contributed by atoms with Gasteiger partial charge in [-0.3, -0.25) is 9.59 Å². The Morgan fingerprint density at radius 3 is 2.30 bits per heavy atom. The fraction of sp³-hybridized carbons (Fsp3) is 0.0833. The van der Waals surface area contributed by atoms with Gasteiger partial charge in [-0.15, -0.1) is 0 Å². The molecule has 0 aromatic heterocycles. The zero-order valence-corrected chi connectivity index (χ0v) is 15.8. The lowest BCUT2D eigenvalue weighted by molar-refractivity contribution is -0.140. The topological polar surface area (TPSA) is 77.8 Å². The van der Waals surface area contributed by atoms with Gasteiger partial charge >= 0.3 is 0 Å². The van der Waals surface area contributed by atoms with E-state index in [0.717, 1.165) is 5.56 Å². The molecule has 30 heavy (non-hydrogen) atoms. The number of carbonyl (C=O) groups excluding carboxylic acids is 2. The summed E-state index contributed by atoms with van der Waals surface area (Å²) < 4.78 is 13.3. The molecule has 4 rings (SSSR count). The van der Waals surface area contributed by atoms with E-state index in [4.69, 9.17) is 0 Å². The van der Waals surface area contributed by atoms with Gasteiger partial charge in [-0.25, -0.2) is 4.39 Å². The van der Waals surface area contributed by atoms with Crippen LogP contribution in [0.5, 0.6) is 5.75 Å². The number of hydrogen-bond acceptors (Lipinski definition) is 4. The number of carbonyl (C=O) groups is 2. The largest absolute Gasteiger partial charge is 0.508 e. The predicted molar refractivity (Wildman–Crippen MR) is 109 cm³/mol. The fourth-order valence-corrected chi connectivity index (χ4v) is 3.63. The summed E-state index contributed by atoms with van der Waals surface area (Å²) in [5, 5.41) is 20.8. The number of benzene rings is 3. The molecular weight excluding hydrogens is 385 g/mol. The number of aromatic hydroxyl groups is 1. The number of phenols is 1. The first kappa shape index (κ1) is 19.4. The number of aliphatic hydroxyl groups excluding tert-OH is 1. The quantitative estimate of drug-likeness (QED) is 0.390. The molecular formula is C24H18FNO4. The lowest BCUT2D eigenvalue weighted by atomic mass is 9.95. The second kappa shape index (κ2) is 7.83. The summed E-state index contributed by atoms with van der Waals surface area (Å²) in [6.45, 7) is 0.145. The zero-order chi connectivity index (χ0) is 21.3. The second-order valence-electron chi connectivity index (χ2n) is 7.01. The van der Waals surface area contributed by atoms with E-state index >= 15 is 0 Å². The van der Waals surface area contributed by atoms with Gasteiger partial charge in [-0.2, -0.15) is 0 Å². The van der Waals surface area contributed by atoms with Gasteiger partial charge in [-0.1, -0.05) is 42.5 Å². The Bertz CT molecular complexity index is 1140. The van der Waals surface area contributed by atoms with Crippen LogP contribution >= 0.6 is 0 Å². The molecule has 0 bridgehead atoms. The molecule has 150 valence electrons. The summed E-state index contributed by atoms with van der Waals surface area (Å²) in [6.07, 6.45) is 0. The summed E-state index contributed by atoms with van der Waals surface area (Å²) >= 11 is 0. The van der Waals surface area contributed by atoms with Gasteiger partial charge in [0.15, 0.2) is 0 Å². The minimum atomic E-state index is -0.901. The smallest absolute Gasteiger partial charge is 0.295 e. The molecule has 1 heterocycles. The van der Waals surface area contributed by atoms with Crippen molar-refractivity contribution in [2.75, 3.05) is 0 Å². The van der Waals surface area contributed by atoms with E-state index in [0.29, 0.717) is 5.56 Å². The van der Waals surface area contributed by atoms with Crippen LogP contribution in [0.4, 0.5) is 4.39 Å². The van der Waals surface area contributed by atoms with E-state index in [2.05, 4.69) is 0 Å². The van der Waals surface area contributed by atoms with Crippen molar-refractivity contribution in [3.63, 3.8) is 0 Å². The van der Waals surface area contributed by atoms with Crippen molar-refractivity contribution in [3.8, 4) is 5.75 Å². The van der Waals surface area contributed by atoms with Crippen LogP contribution in [-0.2, 0) is 16.1 Å². The van der Waals surface area contributed by atoms with E-state index in [1.165, 1.54) is 41.3 Å². The Kier molecular flexibility index (Phi) is 5.06. The molecule has 1 amide bonds. The number of Topliss-reactive ketones (excluding diaryl/α,β-unsaturated/α-hetero) is 1.